The minimum absolute atomic E-state index is 0.0122. The Labute approximate surface area is 200 Å². The molecule has 3 aromatic carbocycles. The number of aliphatic hydroxyl groups excluding tert-OH is 1. The Morgan fingerprint density at radius 1 is 1.03 bits per heavy atom. The van der Waals surface area contributed by atoms with Crippen molar-refractivity contribution in [3.8, 4) is 17.2 Å². The van der Waals surface area contributed by atoms with Gasteiger partial charge in [-0.05, 0) is 66.4 Å². The number of ether oxygens (including phenoxy) is 3. The fourth-order valence-electron chi connectivity index (χ4n) is 4.52. The van der Waals surface area contributed by atoms with Crippen molar-refractivity contribution < 1.29 is 24.1 Å². The summed E-state index contributed by atoms with van der Waals surface area (Å²) in [5.74, 6) is 2.07. The minimum Gasteiger partial charge on any atom is -0.493 e. The monoisotopic (exact) mass is 461 g/mol. The van der Waals surface area contributed by atoms with Gasteiger partial charge in [0, 0.05) is 18.7 Å². The molecule has 1 heterocycles. The van der Waals surface area contributed by atoms with Gasteiger partial charge < -0.3 is 19.3 Å². The summed E-state index contributed by atoms with van der Waals surface area (Å²) in [5.41, 5.74) is 4.17. The van der Waals surface area contributed by atoms with Crippen molar-refractivity contribution in [1.29, 1.82) is 0 Å². The lowest BCUT2D eigenvalue weighted by molar-refractivity contribution is 0.0553. The maximum Gasteiger partial charge on any atom is 0.161 e. The van der Waals surface area contributed by atoms with E-state index in [0.29, 0.717) is 23.6 Å². The predicted octanol–water partition coefficient (Wildman–Crippen LogP) is 4.29. The second-order valence-electron chi connectivity index (χ2n) is 8.51. The maximum atomic E-state index is 11.5. The summed E-state index contributed by atoms with van der Waals surface area (Å²) < 4.78 is 16.9. The SMILES string of the molecule is COc1cc2c(cc1OC)[C@@H](c1ccccc1)N(C[C@@H](O)COc1ccc(C(C)=O)cc1)CC2. The lowest BCUT2D eigenvalue weighted by Gasteiger charge is -2.39. The summed E-state index contributed by atoms with van der Waals surface area (Å²) in [6.07, 6.45) is 0.166. The molecule has 0 fully saturated rings. The van der Waals surface area contributed by atoms with E-state index in [1.165, 1.54) is 12.5 Å². The first-order valence-electron chi connectivity index (χ1n) is 11.5. The van der Waals surface area contributed by atoms with Crippen molar-refractivity contribution in [1.82, 2.24) is 4.90 Å². The standard InChI is InChI=1S/C28H31NO5/c1-19(30)20-9-11-24(12-10-20)34-18-23(31)17-29-14-13-22-15-26(32-2)27(33-3)16-25(22)28(29)21-7-5-4-6-8-21/h4-12,15-16,23,28,31H,13-14,17-18H2,1-3H3/t23-,28-/m1/s1. The molecular weight excluding hydrogens is 430 g/mol. The van der Waals surface area contributed by atoms with Crippen molar-refractivity contribution in [2.45, 2.75) is 25.5 Å². The molecule has 1 aliphatic heterocycles. The van der Waals surface area contributed by atoms with E-state index >= 15 is 0 Å². The van der Waals surface area contributed by atoms with Crippen LogP contribution in [0.15, 0.2) is 66.7 Å². The van der Waals surface area contributed by atoms with E-state index in [2.05, 4.69) is 29.2 Å². The lowest BCUT2D eigenvalue weighted by atomic mass is 9.87. The number of fused-ring (bicyclic) bond motifs is 1. The molecule has 0 saturated heterocycles. The molecule has 0 unspecified atom stereocenters. The Hall–Kier alpha value is -3.35. The van der Waals surface area contributed by atoms with E-state index in [9.17, 15) is 9.90 Å². The van der Waals surface area contributed by atoms with Crippen molar-refractivity contribution in [2.75, 3.05) is 33.9 Å². The van der Waals surface area contributed by atoms with Crippen LogP contribution in [0.2, 0.25) is 0 Å². The molecule has 2 atom stereocenters. The zero-order valence-electron chi connectivity index (χ0n) is 19.9. The quantitative estimate of drug-likeness (QED) is 0.480. The number of β-amino-alcohol motifs (C(OH)–C–C–N with tert-alkyl or cyclic N) is 1. The molecule has 0 radical (unpaired) electrons. The lowest BCUT2D eigenvalue weighted by Crippen LogP contribution is -2.42. The fourth-order valence-corrected chi connectivity index (χ4v) is 4.52. The second kappa shape index (κ2) is 10.7. The molecular formula is C28H31NO5. The van der Waals surface area contributed by atoms with Crippen molar-refractivity contribution in [3.05, 3.63) is 89.0 Å². The number of aliphatic hydroxyl groups is 1. The van der Waals surface area contributed by atoms with Gasteiger partial charge in [0.15, 0.2) is 17.3 Å². The summed E-state index contributed by atoms with van der Waals surface area (Å²) in [6, 6.07) is 21.4. The van der Waals surface area contributed by atoms with Crippen LogP contribution in [0, 0.1) is 0 Å². The molecule has 6 nitrogen and oxygen atoms in total. The third kappa shape index (κ3) is 5.24. The molecule has 6 heteroatoms. The Kier molecular flexibility index (Phi) is 7.50. The smallest absolute Gasteiger partial charge is 0.161 e. The molecule has 34 heavy (non-hydrogen) atoms. The number of hydrogen-bond donors (Lipinski definition) is 1. The topological polar surface area (TPSA) is 68.2 Å². The van der Waals surface area contributed by atoms with E-state index in [1.807, 2.05) is 18.2 Å². The molecule has 0 bridgehead atoms. The molecule has 0 aliphatic carbocycles. The number of ketones is 1. The number of carbonyl (C=O) groups excluding carboxylic acids is 1. The van der Waals surface area contributed by atoms with Gasteiger partial charge in [-0.3, -0.25) is 9.69 Å². The molecule has 0 aromatic heterocycles. The Morgan fingerprint density at radius 2 is 1.71 bits per heavy atom. The Bertz CT molecular complexity index is 1110. The first kappa shape index (κ1) is 23.8. The Balaban J connectivity index is 1.53. The number of rotatable bonds is 9. The average Bonchev–Trinajstić information content (AvgIpc) is 2.87. The van der Waals surface area contributed by atoms with E-state index in [1.54, 1.807) is 38.5 Å². The van der Waals surface area contributed by atoms with Gasteiger partial charge in [0.05, 0.1) is 20.3 Å². The van der Waals surface area contributed by atoms with Crippen LogP contribution >= 0.6 is 0 Å². The molecule has 1 N–H and O–H groups in total. The molecule has 3 aromatic rings. The van der Waals surface area contributed by atoms with Crippen molar-refractivity contribution in [2.24, 2.45) is 0 Å². The molecule has 0 saturated carbocycles. The van der Waals surface area contributed by atoms with Crippen molar-refractivity contribution in [3.63, 3.8) is 0 Å². The zero-order chi connectivity index (χ0) is 24.1. The molecule has 178 valence electrons. The molecule has 0 amide bonds. The zero-order valence-corrected chi connectivity index (χ0v) is 19.9. The van der Waals surface area contributed by atoms with Crippen LogP contribution in [0.5, 0.6) is 17.2 Å². The normalized spacial score (nSPS) is 16.4. The highest BCUT2D eigenvalue weighted by atomic mass is 16.5. The van der Waals surface area contributed by atoms with Crippen LogP contribution < -0.4 is 14.2 Å². The van der Waals surface area contributed by atoms with Crippen LogP contribution in [0.3, 0.4) is 0 Å². The van der Waals surface area contributed by atoms with Crippen LogP contribution in [0.4, 0.5) is 0 Å². The highest BCUT2D eigenvalue weighted by Crippen LogP contribution is 2.41. The van der Waals surface area contributed by atoms with Gasteiger partial charge in [0.25, 0.3) is 0 Å². The fraction of sp³-hybridized carbons (Fsp3) is 0.321. The molecule has 0 spiro atoms. The van der Waals surface area contributed by atoms with Gasteiger partial charge in [-0.25, -0.2) is 0 Å². The van der Waals surface area contributed by atoms with E-state index in [-0.39, 0.29) is 18.4 Å². The van der Waals surface area contributed by atoms with Crippen molar-refractivity contribution >= 4 is 5.78 Å². The van der Waals surface area contributed by atoms with E-state index in [0.717, 1.165) is 29.8 Å². The van der Waals surface area contributed by atoms with Gasteiger partial charge in [-0.1, -0.05) is 30.3 Å². The first-order chi connectivity index (χ1) is 16.5. The third-order valence-corrected chi connectivity index (χ3v) is 6.24. The largest absolute Gasteiger partial charge is 0.493 e. The Morgan fingerprint density at radius 3 is 2.35 bits per heavy atom. The van der Waals surface area contributed by atoms with E-state index < -0.39 is 6.10 Å². The highest BCUT2D eigenvalue weighted by molar-refractivity contribution is 5.94. The van der Waals surface area contributed by atoms with Gasteiger partial charge in [-0.2, -0.15) is 0 Å². The van der Waals surface area contributed by atoms with E-state index in [4.69, 9.17) is 14.2 Å². The van der Waals surface area contributed by atoms with Crippen LogP contribution in [-0.4, -0.2) is 55.8 Å². The number of Topliss-reactive ketones (excluding diaryl/α,β-unsaturated/α-hetero) is 1. The second-order valence-corrected chi connectivity index (χ2v) is 8.51. The van der Waals surface area contributed by atoms with Crippen LogP contribution in [0.1, 0.15) is 40.0 Å². The number of methoxy groups -OCH3 is 2. The predicted molar refractivity (Wildman–Crippen MR) is 131 cm³/mol. The molecule has 4 rings (SSSR count). The minimum atomic E-state index is -0.680. The highest BCUT2D eigenvalue weighted by Gasteiger charge is 2.31. The first-order valence-corrected chi connectivity index (χ1v) is 11.5. The van der Waals surface area contributed by atoms with Gasteiger partial charge in [-0.15, -0.1) is 0 Å². The summed E-state index contributed by atoms with van der Waals surface area (Å²) in [6.45, 7) is 2.95. The van der Waals surface area contributed by atoms with Crippen LogP contribution in [-0.2, 0) is 6.42 Å². The van der Waals surface area contributed by atoms with Gasteiger partial charge in [0.1, 0.15) is 18.5 Å². The molecule has 1 aliphatic rings. The average molecular weight is 462 g/mol. The number of carbonyl (C=O) groups is 1. The summed E-state index contributed by atoms with van der Waals surface area (Å²) in [5, 5.41) is 10.8. The number of benzene rings is 3. The van der Waals surface area contributed by atoms with Gasteiger partial charge >= 0.3 is 0 Å². The summed E-state index contributed by atoms with van der Waals surface area (Å²) >= 11 is 0. The van der Waals surface area contributed by atoms with Gasteiger partial charge in [0.2, 0.25) is 0 Å². The summed E-state index contributed by atoms with van der Waals surface area (Å²) in [4.78, 5) is 13.7. The number of hydrogen-bond acceptors (Lipinski definition) is 6. The summed E-state index contributed by atoms with van der Waals surface area (Å²) in [7, 11) is 3.30. The maximum absolute atomic E-state index is 11.5. The number of nitrogens with zero attached hydrogens (tertiary/aromatic N) is 1. The van der Waals surface area contributed by atoms with Crippen LogP contribution in [0.25, 0.3) is 0 Å². The third-order valence-electron chi connectivity index (χ3n) is 6.24.